The summed E-state index contributed by atoms with van der Waals surface area (Å²) >= 11 is 0. The fourth-order valence-corrected chi connectivity index (χ4v) is 1.59. The van der Waals surface area contributed by atoms with Gasteiger partial charge in [0.25, 0.3) is 5.56 Å². The van der Waals surface area contributed by atoms with Crippen LogP contribution in [0.15, 0.2) is 15.9 Å². The Kier molecular flexibility index (Phi) is 1.69. The monoisotopic (exact) mass is 357 g/mol. The second-order valence-electron chi connectivity index (χ2n) is 4.27. The van der Waals surface area contributed by atoms with E-state index in [1.807, 2.05) is 0 Å². The van der Waals surface area contributed by atoms with Crippen molar-refractivity contribution in [3.05, 3.63) is 27.2 Å². The molecular weight excluding hydrogens is 312 g/mol. The van der Waals surface area contributed by atoms with Crippen LogP contribution < -0.4 is 11.2 Å². The molecule has 0 bridgehead atoms. The zero-order chi connectivity index (χ0) is 34.4. The van der Waals surface area contributed by atoms with Gasteiger partial charge in [0.1, 0.15) is 6.68 Å². The number of hydrogen-bond donors (Lipinski definition) is 1. The van der Waals surface area contributed by atoms with Crippen LogP contribution in [0.5, 0.6) is 0 Å². The molecule has 8 nitrogen and oxygen atoms in total. The molecule has 0 saturated carbocycles. The minimum Gasteiger partial charge on any atom is -0.390 e. The highest BCUT2D eigenvalue weighted by atomic mass is 16.5. The molecule has 8 heteroatoms. The molecule has 2 heterocycles. The standard InChI is InChI=1S/C16H26N4O4/c1-5-24-11-19-10-17-13-12(19)14(21)20(15(22)18(13)4)9-7-6-8-16(2,3)23/h10,23H,5-9,11H2,1-4H3/i2D3,3D3,4D3,6D2,7D2,8D2,9D2,11D2. The average Bonchev–Trinajstić information content (AvgIpc) is 3.21. The minimum absolute atomic E-state index is 0.230. The van der Waals surface area contributed by atoms with E-state index in [9.17, 15) is 14.7 Å². The number of ether oxygens (including phenoxy) is 1. The fourth-order valence-electron chi connectivity index (χ4n) is 1.59. The summed E-state index contributed by atoms with van der Waals surface area (Å²) in [5, 5.41) is 10.7. The van der Waals surface area contributed by atoms with E-state index in [0.717, 1.165) is 0 Å². The third kappa shape index (κ3) is 3.93. The summed E-state index contributed by atoms with van der Waals surface area (Å²) in [7, 11) is 0. The predicted molar refractivity (Wildman–Crippen MR) is 91.0 cm³/mol. The molecule has 0 radical (unpaired) electrons. The molecule has 0 saturated heterocycles. The molecular formula is C16H26N4O4. The molecule has 0 aliphatic heterocycles. The van der Waals surface area contributed by atoms with Crippen LogP contribution in [0.1, 0.15) is 65.8 Å². The Labute approximate surface area is 167 Å². The number of nitrogens with zero attached hydrogens (tertiary/aromatic N) is 4. The van der Waals surface area contributed by atoms with E-state index in [2.05, 4.69) is 4.98 Å². The Bertz CT molecular complexity index is 1480. The molecule has 24 heavy (non-hydrogen) atoms. The summed E-state index contributed by atoms with van der Waals surface area (Å²) in [5.74, 6) is 0. The second kappa shape index (κ2) is 7.31. The second-order valence-corrected chi connectivity index (χ2v) is 4.27. The number of fused-ring (bicyclic) bond motifs is 1. The zero-order valence-electron chi connectivity index (χ0n) is 31.2. The number of rotatable bonds is 8. The molecule has 0 aromatic carbocycles. The van der Waals surface area contributed by atoms with Gasteiger partial charge in [0.05, 0.1) is 17.4 Å². The maximum Gasteiger partial charge on any atom is 0.332 e. The number of aryl methyl sites for hydroxylation is 1. The van der Waals surface area contributed by atoms with Crippen LogP contribution in [-0.2, 0) is 24.9 Å². The number of hydrogen-bond acceptors (Lipinski definition) is 5. The van der Waals surface area contributed by atoms with E-state index in [1.54, 1.807) is 0 Å². The third-order valence-corrected chi connectivity index (χ3v) is 2.53. The molecule has 134 valence electrons. The van der Waals surface area contributed by atoms with Gasteiger partial charge in [-0.1, -0.05) is 0 Å². The summed E-state index contributed by atoms with van der Waals surface area (Å²) in [4.78, 5) is 30.5. The molecule has 0 unspecified atom stereocenters. The molecule has 0 atom stereocenters. The first kappa shape index (κ1) is 5.54. The molecule has 2 aromatic heterocycles. The highest BCUT2D eigenvalue weighted by Crippen LogP contribution is 2.12. The van der Waals surface area contributed by atoms with Gasteiger partial charge in [0.2, 0.25) is 0 Å². The van der Waals surface area contributed by atoms with Crippen molar-refractivity contribution in [3.8, 4) is 0 Å². The van der Waals surface area contributed by atoms with Crippen molar-refractivity contribution >= 4 is 11.2 Å². The van der Waals surface area contributed by atoms with E-state index in [-0.39, 0.29) is 15.7 Å². The lowest BCUT2D eigenvalue weighted by atomic mass is 10.0. The van der Waals surface area contributed by atoms with Crippen LogP contribution in [0, 0.1) is 0 Å². The Morgan fingerprint density at radius 2 is 2.21 bits per heavy atom. The smallest absolute Gasteiger partial charge is 0.332 e. The first-order chi connectivity index (χ1) is 18.7. The van der Waals surface area contributed by atoms with E-state index >= 15 is 0 Å². The summed E-state index contributed by atoms with van der Waals surface area (Å²) in [6, 6.07) is 0. The van der Waals surface area contributed by atoms with Crippen molar-refractivity contribution < 1.29 is 35.9 Å². The maximum absolute atomic E-state index is 13.6. The highest BCUT2D eigenvalue weighted by Gasteiger charge is 2.16. The SMILES string of the molecule is [2H]C([2H])([2H])n1c(=O)n(C([2H])([2H])C([2H])([2H])C([2H])([2H])C([2H])([2H])C(O)(C([2H])([2H])[2H])C([2H])([2H])[2H])c(=O)c2c1ncn2C([2H])([2H])OCC. The van der Waals surface area contributed by atoms with Crippen molar-refractivity contribution in [1.82, 2.24) is 18.7 Å². The molecule has 0 amide bonds. The van der Waals surface area contributed by atoms with Crippen molar-refractivity contribution in [2.24, 2.45) is 6.98 Å². The minimum atomic E-state index is -4.77. The highest BCUT2D eigenvalue weighted by molar-refractivity contribution is 5.69. The third-order valence-electron chi connectivity index (χ3n) is 2.53. The Morgan fingerprint density at radius 3 is 2.88 bits per heavy atom. The van der Waals surface area contributed by atoms with Gasteiger partial charge >= 0.3 is 5.69 Å². The van der Waals surface area contributed by atoms with Gasteiger partial charge in [-0.25, -0.2) is 9.78 Å². The Morgan fingerprint density at radius 1 is 1.42 bits per heavy atom. The van der Waals surface area contributed by atoms with Gasteiger partial charge in [-0.05, 0) is 39.7 Å². The molecule has 0 spiro atoms. The summed E-state index contributed by atoms with van der Waals surface area (Å²) in [6.45, 7) is -18.8. The van der Waals surface area contributed by atoms with Crippen LogP contribution in [0.4, 0.5) is 0 Å². The summed E-state index contributed by atoms with van der Waals surface area (Å²) < 4.78 is 154. The van der Waals surface area contributed by atoms with E-state index < -0.39 is 85.6 Å². The van der Waals surface area contributed by atoms with E-state index in [1.165, 1.54) is 6.92 Å². The molecule has 2 rings (SSSR count). The lowest BCUT2D eigenvalue weighted by molar-refractivity contribution is 0.0678. The predicted octanol–water partition coefficient (Wildman–Crippen LogP) is 0.832. The van der Waals surface area contributed by atoms with Crippen LogP contribution in [0.3, 0.4) is 0 Å². The molecule has 0 aliphatic carbocycles. The normalized spacial score (nSPS) is 28.5. The zero-order valence-corrected chi connectivity index (χ0v) is 12.2. The lowest BCUT2D eigenvalue weighted by Crippen LogP contribution is -2.39. The van der Waals surface area contributed by atoms with Gasteiger partial charge in [-0.2, -0.15) is 0 Å². The van der Waals surface area contributed by atoms with Gasteiger partial charge < -0.3 is 14.4 Å². The van der Waals surface area contributed by atoms with E-state index in [0.29, 0.717) is 6.33 Å². The van der Waals surface area contributed by atoms with Crippen LogP contribution in [0.2, 0.25) is 0 Å². The molecule has 1 N–H and O–H groups in total. The summed E-state index contributed by atoms with van der Waals surface area (Å²) in [6.07, 6.45) is -13.7. The van der Waals surface area contributed by atoms with E-state index in [4.69, 9.17) is 30.8 Å². The number of imidazole rings is 1. The summed E-state index contributed by atoms with van der Waals surface area (Å²) in [5.41, 5.74) is -11.2. The van der Waals surface area contributed by atoms with Gasteiger partial charge in [0.15, 0.2) is 11.2 Å². The largest absolute Gasteiger partial charge is 0.390 e. The van der Waals surface area contributed by atoms with Crippen molar-refractivity contribution in [3.63, 3.8) is 0 Å². The molecule has 0 aliphatic rings. The van der Waals surface area contributed by atoms with Gasteiger partial charge in [-0.3, -0.25) is 13.9 Å². The quantitative estimate of drug-likeness (QED) is 0.756. The van der Waals surface area contributed by atoms with Crippen LogP contribution >= 0.6 is 0 Å². The first-order valence-electron chi connectivity index (χ1n) is 15.9. The van der Waals surface area contributed by atoms with Crippen molar-refractivity contribution in [2.75, 3.05) is 6.61 Å². The first-order valence-corrected chi connectivity index (χ1v) is 6.36. The molecule has 2 aromatic rings. The van der Waals surface area contributed by atoms with Crippen molar-refractivity contribution in [2.45, 2.75) is 58.5 Å². The van der Waals surface area contributed by atoms with Crippen LogP contribution in [-0.4, -0.2) is 36.0 Å². The van der Waals surface area contributed by atoms with Gasteiger partial charge in [0, 0.05) is 40.6 Å². The number of aromatic nitrogens is 4. The lowest BCUT2D eigenvalue weighted by Gasteiger charge is -2.16. The molecule has 0 fully saturated rings. The fraction of sp³-hybridized carbons (Fsp3) is 0.688. The Hall–Kier alpha value is -1.93. The van der Waals surface area contributed by atoms with Gasteiger partial charge in [-0.15, -0.1) is 0 Å². The number of aliphatic hydroxyl groups is 1. The average molecular weight is 358 g/mol. The maximum atomic E-state index is 13.6. The Balaban J connectivity index is 3.15. The van der Waals surface area contributed by atoms with Crippen molar-refractivity contribution in [1.29, 1.82) is 0 Å². The van der Waals surface area contributed by atoms with Crippen LogP contribution in [0.25, 0.3) is 11.2 Å². The topological polar surface area (TPSA) is 91.3 Å².